The quantitative estimate of drug-likeness (QED) is 0.290. The summed E-state index contributed by atoms with van der Waals surface area (Å²) in [6, 6.07) is 9.17. The Morgan fingerprint density at radius 1 is 0.840 bits per heavy atom. The van der Waals surface area contributed by atoms with Crippen LogP contribution in [-0.4, -0.2) is 113 Å². The van der Waals surface area contributed by atoms with Crippen LogP contribution in [0.15, 0.2) is 36.4 Å². The molecule has 5 N–H and O–H groups in total. The van der Waals surface area contributed by atoms with Gasteiger partial charge in [0.1, 0.15) is 23.8 Å². The molecule has 2 aromatic carbocycles. The van der Waals surface area contributed by atoms with Gasteiger partial charge in [0.25, 0.3) is 0 Å². The van der Waals surface area contributed by atoms with Crippen molar-refractivity contribution in [1.29, 1.82) is 9.56 Å². The number of nitrogens with two attached hydrogens (primary N) is 1. The number of thiocarbonyl (C=S) groups is 1. The van der Waals surface area contributed by atoms with E-state index >= 15 is 0 Å². The number of amides is 2. The van der Waals surface area contributed by atoms with Gasteiger partial charge >= 0.3 is 12.2 Å². The van der Waals surface area contributed by atoms with Crippen molar-refractivity contribution < 1.29 is 36.3 Å². The fraction of sp³-hybridized carbons (Fsp3) is 0.516. The lowest BCUT2D eigenvalue weighted by molar-refractivity contribution is 0.142. The van der Waals surface area contributed by atoms with Gasteiger partial charge in [-0.2, -0.15) is 0 Å². The van der Waals surface area contributed by atoms with E-state index < -0.39 is 43.3 Å². The topological polar surface area (TPSA) is 185 Å². The van der Waals surface area contributed by atoms with Crippen molar-refractivity contribution in [3.8, 4) is 0 Å². The normalized spacial score (nSPS) is 22.8. The van der Waals surface area contributed by atoms with Gasteiger partial charge in [0, 0.05) is 75.2 Å². The minimum atomic E-state index is -2.53. The molecular formula is C31H42F2N8O6S3. The van der Waals surface area contributed by atoms with Crippen LogP contribution >= 0.6 is 12.2 Å². The molecule has 0 bridgehead atoms. The summed E-state index contributed by atoms with van der Waals surface area (Å²) in [5, 5.41) is 3.04. The highest BCUT2D eigenvalue weighted by molar-refractivity contribution is 7.92. The molecule has 4 heterocycles. The van der Waals surface area contributed by atoms with Crippen LogP contribution in [0.2, 0.25) is 0 Å². The van der Waals surface area contributed by atoms with Gasteiger partial charge in [-0.3, -0.25) is 19.4 Å². The second-order valence-electron chi connectivity index (χ2n) is 12.3. The van der Waals surface area contributed by atoms with Crippen LogP contribution in [0.5, 0.6) is 0 Å². The number of hydrogen-bond acceptors (Lipinski definition) is 12. The molecule has 2 atom stereocenters. The lowest BCUT2D eigenvalue weighted by Crippen LogP contribution is -2.40. The van der Waals surface area contributed by atoms with Gasteiger partial charge in [-0.25, -0.2) is 26.8 Å². The molecule has 0 radical (unpaired) electrons. The predicted octanol–water partition coefficient (Wildman–Crippen LogP) is 3.32. The van der Waals surface area contributed by atoms with Crippen LogP contribution < -0.4 is 30.7 Å². The Balaban J connectivity index is 0.000000197. The van der Waals surface area contributed by atoms with E-state index in [-0.39, 0.29) is 41.8 Å². The van der Waals surface area contributed by atoms with Crippen molar-refractivity contribution in [3.63, 3.8) is 0 Å². The summed E-state index contributed by atoms with van der Waals surface area (Å²) < 4.78 is 78.1. The number of benzene rings is 2. The largest absolute Gasteiger partial charge is 0.443 e. The molecule has 0 unspecified atom stereocenters. The molecule has 274 valence electrons. The molecule has 50 heavy (non-hydrogen) atoms. The third-order valence-electron chi connectivity index (χ3n) is 8.79. The van der Waals surface area contributed by atoms with E-state index in [0.717, 1.165) is 6.42 Å². The monoisotopic (exact) mass is 756 g/mol. The smallest absolute Gasteiger partial charge is 0.414 e. The highest BCUT2D eigenvalue weighted by Crippen LogP contribution is 2.30. The zero-order valence-corrected chi connectivity index (χ0v) is 30.1. The lowest BCUT2D eigenvalue weighted by Gasteiger charge is -2.30. The predicted molar refractivity (Wildman–Crippen MR) is 194 cm³/mol. The summed E-state index contributed by atoms with van der Waals surface area (Å²) in [6.07, 6.45) is -1.05. The van der Waals surface area contributed by atoms with E-state index in [1.165, 1.54) is 21.9 Å². The zero-order valence-electron chi connectivity index (χ0n) is 27.6. The van der Waals surface area contributed by atoms with Crippen molar-refractivity contribution in [2.75, 3.05) is 95.0 Å². The first-order valence-corrected chi connectivity index (χ1v) is 20.4. The van der Waals surface area contributed by atoms with Crippen LogP contribution in [-0.2, 0) is 28.9 Å². The fourth-order valence-corrected chi connectivity index (χ4v) is 8.38. The van der Waals surface area contributed by atoms with Gasteiger partial charge in [-0.15, -0.1) is 0 Å². The number of cyclic esters (lactones) is 2. The van der Waals surface area contributed by atoms with E-state index in [1.807, 2.05) is 6.92 Å². The summed E-state index contributed by atoms with van der Waals surface area (Å²) in [5.74, 6) is 0.0506. The van der Waals surface area contributed by atoms with E-state index in [9.17, 15) is 26.8 Å². The molecule has 2 aromatic rings. The van der Waals surface area contributed by atoms with E-state index in [1.54, 1.807) is 34.1 Å². The van der Waals surface area contributed by atoms with E-state index in [4.69, 9.17) is 37.0 Å². The highest BCUT2D eigenvalue weighted by Gasteiger charge is 2.34. The van der Waals surface area contributed by atoms with Crippen molar-refractivity contribution in [2.45, 2.75) is 25.6 Å². The van der Waals surface area contributed by atoms with Crippen LogP contribution in [0.25, 0.3) is 0 Å². The summed E-state index contributed by atoms with van der Waals surface area (Å²) in [6.45, 7) is 4.76. The van der Waals surface area contributed by atoms with Crippen LogP contribution in [0.4, 0.5) is 41.1 Å². The first-order chi connectivity index (χ1) is 23.7. The number of anilines is 4. The first kappa shape index (κ1) is 37.4. The minimum Gasteiger partial charge on any atom is -0.443 e. The Kier molecular flexibility index (Phi) is 11.7. The molecular weight excluding hydrogens is 715 g/mol. The SMILES string of the molecule is CCC(=S)NC[C@H]1CN(c2ccc(N3CCS(=N)(=O)CC3)c(F)c2)C(=O)O1.N=S1(=O)CCN(c2ccc(N3C[C@H](CN)OC3=O)cc2F)CC1. The number of nitrogens with one attached hydrogen (secondary N) is 3. The van der Waals surface area contributed by atoms with E-state index in [0.29, 0.717) is 73.6 Å². The maximum absolute atomic E-state index is 14.6. The van der Waals surface area contributed by atoms with Crippen molar-refractivity contribution >= 4 is 71.6 Å². The molecule has 19 heteroatoms. The fourth-order valence-electron chi connectivity index (χ4n) is 5.83. The molecule has 2 amide bonds. The molecule has 0 aliphatic carbocycles. The van der Waals surface area contributed by atoms with Gasteiger partial charge in [0.05, 0.1) is 47.4 Å². The number of carbonyl (C=O) groups is 2. The first-order valence-electron chi connectivity index (χ1n) is 16.2. The molecule has 0 saturated carbocycles. The van der Waals surface area contributed by atoms with Crippen LogP contribution in [0.1, 0.15) is 13.3 Å². The minimum absolute atomic E-state index is 0.225. The second-order valence-corrected chi connectivity index (χ2v) is 17.7. The molecule has 4 aliphatic rings. The summed E-state index contributed by atoms with van der Waals surface area (Å²) in [7, 11) is -5.05. The second kappa shape index (κ2) is 15.6. The average Bonchev–Trinajstić information content (AvgIpc) is 3.65. The number of ether oxygens (including phenoxy) is 2. The van der Waals surface area contributed by atoms with Crippen molar-refractivity contribution in [2.24, 2.45) is 5.73 Å². The highest BCUT2D eigenvalue weighted by atomic mass is 32.2. The van der Waals surface area contributed by atoms with E-state index in [2.05, 4.69) is 5.32 Å². The Bertz CT molecular complexity index is 1810. The number of hydrogen-bond donors (Lipinski definition) is 4. The van der Waals surface area contributed by atoms with Crippen LogP contribution in [0.3, 0.4) is 0 Å². The number of nitrogens with zero attached hydrogens (tertiary/aromatic N) is 4. The molecule has 4 fully saturated rings. The summed E-state index contributed by atoms with van der Waals surface area (Å²) in [5.41, 5.74) is 7.14. The van der Waals surface area contributed by atoms with Crippen molar-refractivity contribution in [3.05, 3.63) is 48.0 Å². The van der Waals surface area contributed by atoms with Gasteiger partial charge in [0.2, 0.25) is 0 Å². The van der Waals surface area contributed by atoms with Gasteiger partial charge in [0.15, 0.2) is 0 Å². The summed E-state index contributed by atoms with van der Waals surface area (Å²) >= 11 is 5.10. The average molecular weight is 757 g/mol. The molecule has 4 saturated heterocycles. The van der Waals surface area contributed by atoms with Gasteiger partial charge < -0.3 is 30.3 Å². The Labute approximate surface area is 296 Å². The lowest BCUT2D eigenvalue weighted by atomic mass is 10.2. The number of carbonyl (C=O) groups excluding carboxylic acids is 2. The maximum Gasteiger partial charge on any atom is 0.414 e. The third-order valence-corrected chi connectivity index (χ3v) is 12.6. The molecule has 0 spiro atoms. The van der Waals surface area contributed by atoms with Gasteiger partial charge in [-0.1, -0.05) is 19.1 Å². The van der Waals surface area contributed by atoms with Crippen molar-refractivity contribution in [1.82, 2.24) is 5.32 Å². The molecule has 4 aliphatic heterocycles. The molecule has 0 aromatic heterocycles. The Morgan fingerprint density at radius 2 is 1.26 bits per heavy atom. The molecule has 14 nitrogen and oxygen atoms in total. The Hall–Kier alpha value is -3.81. The maximum atomic E-state index is 14.6. The van der Waals surface area contributed by atoms with Crippen LogP contribution in [0, 0.1) is 21.2 Å². The third kappa shape index (κ3) is 9.10. The van der Waals surface area contributed by atoms with Gasteiger partial charge in [-0.05, 0) is 42.8 Å². The summed E-state index contributed by atoms with van der Waals surface area (Å²) in [4.78, 5) is 30.9. The number of rotatable bonds is 8. The number of halogens is 2. The standard InChI is InChI=1S/C17H23FN4O3S2.C14H19FN4O3S/c1-2-16(26)20-10-13-11-22(17(23)25-13)12-3-4-15(14(18)9-12)21-5-7-27(19,24)8-6-21;15-12-7-10(19-9-11(8-16)22-14(19)20)1-2-13(12)18-3-5-23(17,21)6-4-18/h3-4,9,13,19H,2,5-8,10-11H2,1H3,(H,20,26);1-2,7,11,17H,3-6,8-9,16H2/t13-;11-/m00/s1. The molecule has 6 rings (SSSR count). The Morgan fingerprint density at radius 3 is 1.64 bits per heavy atom. The zero-order chi connectivity index (χ0) is 36.2.